The fourth-order valence-corrected chi connectivity index (χ4v) is 4.84. The first-order chi connectivity index (χ1) is 16.5. The molecule has 1 N–H and O–H groups in total. The molecule has 34 heavy (non-hydrogen) atoms. The van der Waals surface area contributed by atoms with Crippen LogP contribution in [-0.4, -0.2) is 32.6 Å². The molecule has 2 atom stereocenters. The molecule has 0 spiro atoms. The second-order valence-electron chi connectivity index (χ2n) is 8.70. The Labute approximate surface area is 200 Å². The van der Waals surface area contributed by atoms with E-state index in [1.54, 1.807) is 7.11 Å². The smallest absolute Gasteiger partial charge is 0.336 e. The summed E-state index contributed by atoms with van der Waals surface area (Å²) < 4.78 is 16.1. The SMILES string of the molecule is CCCOc1ccc([C@@H]2C(C(=O)OC)=C(C)NC3=C2C(=O)C[C@@H](c2ccc(OC)cc2)C3)cc1. The van der Waals surface area contributed by atoms with E-state index < -0.39 is 11.9 Å². The first-order valence-corrected chi connectivity index (χ1v) is 11.7. The van der Waals surface area contributed by atoms with Gasteiger partial charge in [-0.15, -0.1) is 0 Å². The third kappa shape index (κ3) is 4.58. The normalized spacial score (nSPS) is 19.9. The van der Waals surface area contributed by atoms with Crippen LogP contribution in [0.1, 0.15) is 56.1 Å². The largest absolute Gasteiger partial charge is 0.497 e. The molecule has 1 aliphatic heterocycles. The molecule has 6 heteroatoms. The lowest BCUT2D eigenvalue weighted by Gasteiger charge is -2.36. The van der Waals surface area contributed by atoms with E-state index in [4.69, 9.17) is 14.2 Å². The van der Waals surface area contributed by atoms with Crippen molar-refractivity contribution in [1.82, 2.24) is 5.32 Å². The molecule has 0 bridgehead atoms. The van der Waals surface area contributed by atoms with E-state index in [-0.39, 0.29) is 11.7 Å². The quantitative estimate of drug-likeness (QED) is 0.584. The minimum absolute atomic E-state index is 0.0415. The number of dihydropyridines is 1. The van der Waals surface area contributed by atoms with Crippen LogP contribution in [0.4, 0.5) is 0 Å². The molecule has 178 valence electrons. The van der Waals surface area contributed by atoms with Gasteiger partial charge in [0.15, 0.2) is 5.78 Å². The maximum absolute atomic E-state index is 13.6. The fourth-order valence-electron chi connectivity index (χ4n) is 4.84. The lowest BCUT2D eigenvalue weighted by atomic mass is 9.71. The molecule has 0 unspecified atom stereocenters. The van der Waals surface area contributed by atoms with Crippen LogP contribution >= 0.6 is 0 Å². The second-order valence-corrected chi connectivity index (χ2v) is 8.70. The highest BCUT2D eigenvalue weighted by Gasteiger charge is 2.41. The van der Waals surface area contributed by atoms with Crippen molar-refractivity contribution in [1.29, 1.82) is 0 Å². The molecule has 0 amide bonds. The third-order valence-corrected chi connectivity index (χ3v) is 6.51. The molecular weight excluding hydrogens is 430 g/mol. The summed E-state index contributed by atoms with van der Waals surface area (Å²) in [5.74, 6) is 0.742. The van der Waals surface area contributed by atoms with Crippen molar-refractivity contribution < 1.29 is 23.8 Å². The topological polar surface area (TPSA) is 73.9 Å². The summed E-state index contributed by atoms with van der Waals surface area (Å²) >= 11 is 0. The first-order valence-electron chi connectivity index (χ1n) is 11.7. The number of nitrogens with one attached hydrogen (secondary N) is 1. The first kappa shape index (κ1) is 23.6. The zero-order valence-electron chi connectivity index (χ0n) is 20.1. The van der Waals surface area contributed by atoms with E-state index in [9.17, 15) is 9.59 Å². The van der Waals surface area contributed by atoms with Crippen molar-refractivity contribution in [3.05, 3.63) is 82.2 Å². The minimum atomic E-state index is -0.478. The molecule has 0 radical (unpaired) electrons. The molecule has 4 rings (SSSR count). The summed E-state index contributed by atoms with van der Waals surface area (Å²) in [7, 11) is 3.01. The van der Waals surface area contributed by atoms with Crippen LogP contribution in [0.3, 0.4) is 0 Å². The number of rotatable bonds is 7. The molecule has 1 aliphatic carbocycles. The number of esters is 1. The van der Waals surface area contributed by atoms with Crippen LogP contribution in [0.2, 0.25) is 0 Å². The number of hydrogen-bond donors (Lipinski definition) is 1. The minimum Gasteiger partial charge on any atom is -0.497 e. The number of hydrogen-bond acceptors (Lipinski definition) is 6. The van der Waals surface area contributed by atoms with Crippen molar-refractivity contribution in [3.8, 4) is 11.5 Å². The second kappa shape index (κ2) is 10.2. The Balaban J connectivity index is 1.72. The predicted molar refractivity (Wildman–Crippen MR) is 130 cm³/mol. The van der Waals surface area contributed by atoms with Crippen LogP contribution in [-0.2, 0) is 14.3 Å². The Morgan fingerprint density at radius 1 is 0.971 bits per heavy atom. The van der Waals surface area contributed by atoms with Gasteiger partial charge in [0.1, 0.15) is 11.5 Å². The Kier molecular flexibility index (Phi) is 7.06. The van der Waals surface area contributed by atoms with Crippen LogP contribution in [0.25, 0.3) is 0 Å². The van der Waals surface area contributed by atoms with E-state index >= 15 is 0 Å². The summed E-state index contributed by atoms with van der Waals surface area (Å²) in [6, 6.07) is 15.5. The van der Waals surface area contributed by atoms with Gasteiger partial charge in [0, 0.05) is 29.3 Å². The molecular formula is C28H31NO5. The molecule has 2 aromatic rings. The number of carbonyl (C=O) groups excluding carboxylic acids is 2. The predicted octanol–water partition coefficient (Wildman–Crippen LogP) is 5.02. The number of ketones is 1. The zero-order chi connectivity index (χ0) is 24.2. The molecule has 2 aromatic carbocycles. The monoisotopic (exact) mass is 461 g/mol. The summed E-state index contributed by atoms with van der Waals surface area (Å²) in [5.41, 5.74) is 4.67. The number of methoxy groups -OCH3 is 2. The van der Waals surface area contributed by atoms with Gasteiger partial charge in [-0.05, 0) is 61.1 Å². The molecule has 0 saturated carbocycles. The van der Waals surface area contributed by atoms with Crippen LogP contribution in [0.15, 0.2) is 71.1 Å². The molecule has 0 aromatic heterocycles. The van der Waals surface area contributed by atoms with Crippen molar-refractivity contribution in [2.45, 2.75) is 44.9 Å². The molecule has 0 saturated heterocycles. The lowest BCUT2D eigenvalue weighted by Crippen LogP contribution is -2.36. The Morgan fingerprint density at radius 3 is 2.24 bits per heavy atom. The van der Waals surface area contributed by atoms with Gasteiger partial charge in [-0.2, -0.15) is 0 Å². The number of ether oxygens (including phenoxy) is 3. The Bertz CT molecular complexity index is 1130. The lowest BCUT2D eigenvalue weighted by molar-refractivity contribution is -0.136. The molecule has 2 aliphatic rings. The van der Waals surface area contributed by atoms with E-state index in [1.165, 1.54) is 7.11 Å². The van der Waals surface area contributed by atoms with Gasteiger partial charge in [0.25, 0.3) is 0 Å². The van der Waals surface area contributed by atoms with E-state index in [0.29, 0.717) is 36.3 Å². The summed E-state index contributed by atoms with van der Waals surface area (Å²) in [6.07, 6.45) is 1.99. The highest BCUT2D eigenvalue weighted by atomic mass is 16.5. The van der Waals surface area contributed by atoms with Crippen LogP contribution in [0, 0.1) is 0 Å². The van der Waals surface area contributed by atoms with Crippen molar-refractivity contribution in [3.63, 3.8) is 0 Å². The maximum atomic E-state index is 13.6. The number of Topliss-reactive ketones (excluding diaryl/α,β-unsaturated/α-hetero) is 1. The van der Waals surface area contributed by atoms with Gasteiger partial charge in [0.2, 0.25) is 0 Å². The van der Waals surface area contributed by atoms with E-state index in [0.717, 1.165) is 34.7 Å². The van der Waals surface area contributed by atoms with Crippen molar-refractivity contribution in [2.75, 3.05) is 20.8 Å². The van der Waals surface area contributed by atoms with Crippen LogP contribution in [0.5, 0.6) is 11.5 Å². The van der Waals surface area contributed by atoms with E-state index in [2.05, 4.69) is 12.2 Å². The Morgan fingerprint density at radius 2 is 1.62 bits per heavy atom. The third-order valence-electron chi connectivity index (χ3n) is 6.51. The highest BCUT2D eigenvalue weighted by molar-refractivity contribution is 6.04. The number of allylic oxidation sites excluding steroid dienone is 3. The molecule has 6 nitrogen and oxygen atoms in total. The van der Waals surface area contributed by atoms with Crippen molar-refractivity contribution >= 4 is 11.8 Å². The van der Waals surface area contributed by atoms with Gasteiger partial charge in [-0.25, -0.2) is 4.79 Å². The van der Waals surface area contributed by atoms with Gasteiger partial charge >= 0.3 is 5.97 Å². The molecule has 1 heterocycles. The average Bonchev–Trinajstić information content (AvgIpc) is 2.86. The van der Waals surface area contributed by atoms with Gasteiger partial charge in [0.05, 0.1) is 26.4 Å². The Hall–Kier alpha value is -3.54. The zero-order valence-corrected chi connectivity index (χ0v) is 20.1. The highest BCUT2D eigenvalue weighted by Crippen LogP contribution is 2.46. The van der Waals surface area contributed by atoms with Gasteiger partial charge < -0.3 is 19.5 Å². The fraction of sp³-hybridized carbons (Fsp3) is 0.357. The van der Waals surface area contributed by atoms with Gasteiger partial charge in [-0.3, -0.25) is 4.79 Å². The maximum Gasteiger partial charge on any atom is 0.336 e. The number of carbonyl (C=O) groups is 2. The van der Waals surface area contributed by atoms with E-state index in [1.807, 2.05) is 55.5 Å². The summed E-state index contributed by atoms with van der Waals surface area (Å²) in [6.45, 7) is 4.56. The standard InChI is InChI=1S/C28H31NO5/c1-5-14-34-22-12-8-19(9-13-22)26-25(28(31)33-4)17(2)29-23-15-20(16-24(30)27(23)26)18-6-10-21(32-3)11-7-18/h6-13,20,26,29H,5,14-16H2,1-4H3/t20-,26+/m0/s1. The average molecular weight is 462 g/mol. The number of benzene rings is 2. The van der Waals surface area contributed by atoms with Gasteiger partial charge in [-0.1, -0.05) is 31.2 Å². The molecule has 0 fully saturated rings. The summed E-state index contributed by atoms with van der Waals surface area (Å²) in [4.78, 5) is 26.4. The summed E-state index contributed by atoms with van der Waals surface area (Å²) in [5, 5.41) is 3.36. The van der Waals surface area contributed by atoms with Crippen molar-refractivity contribution in [2.24, 2.45) is 0 Å². The van der Waals surface area contributed by atoms with Crippen LogP contribution < -0.4 is 14.8 Å².